The van der Waals surface area contributed by atoms with Crippen molar-refractivity contribution in [1.29, 1.82) is 0 Å². The van der Waals surface area contributed by atoms with Crippen molar-refractivity contribution >= 4 is 21.8 Å². The maximum absolute atomic E-state index is 11.9. The minimum absolute atomic E-state index is 0.178. The summed E-state index contributed by atoms with van der Waals surface area (Å²) in [7, 11) is 0. The molecule has 0 fully saturated rings. The number of aryl methyl sites for hydroxylation is 1. The Morgan fingerprint density at radius 3 is 2.76 bits per heavy atom. The lowest BCUT2D eigenvalue weighted by Gasteiger charge is -2.06. The molecule has 0 amide bonds. The molecule has 1 aromatic carbocycles. The summed E-state index contributed by atoms with van der Waals surface area (Å²) in [6, 6.07) is 8.94. The van der Waals surface area contributed by atoms with Crippen molar-refractivity contribution < 1.29 is 5.21 Å². The van der Waals surface area contributed by atoms with Gasteiger partial charge in [0.25, 0.3) is 0 Å². The lowest BCUT2D eigenvalue weighted by Crippen LogP contribution is -2.19. The number of hydrogen-bond acceptors (Lipinski definition) is 4. The van der Waals surface area contributed by atoms with Gasteiger partial charge in [0.15, 0.2) is 5.52 Å². The van der Waals surface area contributed by atoms with Crippen LogP contribution in [0.4, 0.5) is 0 Å². The van der Waals surface area contributed by atoms with E-state index < -0.39 is 5.56 Å². The summed E-state index contributed by atoms with van der Waals surface area (Å²) < 4.78 is 0.613. The van der Waals surface area contributed by atoms with Gasteiger partial charge in [0.1, 0.15) is 0 Å². The molecule has 0 aliphatic heterocycles. The van der Waals surface area contributed by atoms with Crippen LogP contribution in [0.3, 0.4) is 0 Å². The van der Waals surface area contributed by atoms with Crippen molar-refractivity contribution in [3.8, 4) is 0 Å². The number of hydrogen-bond donors (Lipinski definition) is 1. The first-order chi connectivity index (χ1) is 8.18. The van der Waals surface area contributed by atoms with Gasteiger partial charge in [0.05, 0.1) is 11.2 Å². The maximum atomic E-state index is 11.9. The number of para-hydroxylation sites is 1. The van der Waals surface area contributed by atoms with Crippen molar-refractivity contribution in [3.05, 3.63) is 46.4 Å². The zero-order valence-electron chi connectivity index (χ0n) is 9.08. The van der Waals surface area contributed by atoms with Crippen LogP contribution in [0, 0.1) is 6.92 Å². The van der Waals surface area contributed by atoms with E-state index in [1.807, 2.05) is 19.1 Å². The molecule has 3 aromatic rings. The quantitative estimate of drug-likeness (QED) is 0.466. The summed E-state index contributed by atoms with van der Waals surface area (Å²) >= 11 is 0. The molecule has 17 heavy (non-hydrogen) atoms. The molecule has 0 bridgehead atoms. The monoisotopic (exact) mass is 227 g/mol. The Morgan fingerprint density at radius 2 is 1.94 bits per heavy atom. The summed E-state index contributed by atoms with van der Waals surface area (Å²) in [5.41, 5.74) is 0.832. The van der Waals surface area contributed by atoms with Crippen molar-refractivity contribution in [2.24, 2.45) is 0 Å². The third-order valence-corrected chi connectivity index (χ3v) is 2.73. The molecule has 0 spiro atoms. The Hall–Kier alpha value is -2.43. The van der Waals surface area contributed by atoms with E-state index in [4.69, 9.17) is 0 Å². The van der Waals surface area contributed by atoms with Gasteiger partial charge in [0, 0.05) is 10.8 Å². The van der Waals surface area contributed by atoms with Crippen molar-refractivity contribution in [1.82, 2.24) is 14.9 Å². The second-order valence-corrected chi connectivity index (χ2v) is 3.88. The van der Waals surface area contributed by atoms with Crippen LogP contribution in [0.1, 0.15) is 5.69 Å². The largest absolute Gasteiger partial charge is 0.425 e. The molecular weight excluding hydrogens is 218 g/mol. The molecule has 5 heteroatoms. The van der Waals surface area contributed by atoms with E-state index in [-0.39, 0.29) is 5.52 Å². The summed E-state index contributed by atoms with van der Waals surface area (Å²) in [6.45, 7) is 1.81. The second-order valence-electron chi connectivity index (χ2n) is 3.88. The fourth-order valence-electron chi connectivity index (χ4n) is 1.95. The van der Waals surface area contributed by atoms with Crippen LogP contribution in [-0.2, 0) is 0 Å². The van der Waals surface area contributed by atoms with Gasteiger partial charge in [-0.1, -0.05) is 18.2 Å². The first-order valence-corrected chi connectivity index (χ1v) is 5.15. The van der Waals surface area contributed by atoms with Gasteiger partial charge in [-0.15, -0.1) is 9.83 Å². The van der Waals surface area contributed by atoms with Gasteiger partial charge in [0.2, 0.25) is 0 Å². The molecule has 0 unspecified atom stereocenters. The highest BCUT2D eigenvalue weighted by Gasteiger charge is 2.11. The fraction of sp³-hybridized carbons (Fsp3) is 0.0833. The highest BCUT2D eigenvalue weighted by molar-refractivity contribution is 6.03. The van der Waals surface area contributed by atoms with Crippen LogP contribution in [0.25, 0.3) is 21.8 Å². The van der Waals surface area contributed by atoms with Gasteiger partial charge >= 0.3 is 5.56 Å². The Kier molecular flexibility index (Phi) is 1.89. The van der Waals surface area contributed by atoms with E-state index in [2.05, 4.69) is 10.2 Å². The Labute approximate surface area is 95.9 Å². The van der Waals surface area contributed by atoms with Crippen LogP contribution < -0.4 is 5.56 Å². The average Bonchev–Trinajstić information content (AvgIpc) is 2.36. The smallest absolute Gasteiger partial charge is 0.311 e. The summed E-state index contributed by atoms with van der Waals surface area (Å²) in [4.78, 5) is 11.9. The van der Waals surface area contributed by atoms with E-state index >= 15 is 0 Å². The van der Waals surface area contributed by atoms with Gasteiger partial charge < -0.3 is 5.21 Å². The lowest BCUT2D eigenvalue weighted by atomic mass is 10.1. The van der Waals surface area contributed by atoms with Crippen LogP contribution >= 0.6 is 0 Å². The molecule has 0 saturated carbocycles. The number of nitrogens with zero attached hydrogens (tertiary/aromatic N) is 3. The summed E-state index contributed by atoms with van der Waals surface area (Å²) in [5, 5.41) is 18.9. The van der Waals surface area contributed by atoms with E-state index in [0.29, 0.717) is 15.6 Å². The van der Waals surface area contributed by atoms with Crippen LogP contribution in [0.5, 0.6) is 0 Å². The predicted octanol–water partition coefficient (Wildman–Crippen LogP) is 1.49. The van der Waals surface area contributed by atoms with Crippen LogP contribution in [0.15, 0.2) is 35.1 Å². The predicted molar refractivity (Wildman–Crippen MR) is 63.2 cm³/mol. The number of benzene rings is 1. The zero-order chi connectivity index (χ0) is 12.0. The van der Waals surface area contributed by atoms with E-state index in [1.165, 1.54) is 0 Å². The van der Waals surface area contributed by atoms with Crippen molar-refractivity contribution in [2.45, 2.75) is 6.92 Å². The number of pyridine rings is 1. The normalized spacial score (nSPS) is 11.1. The standard InChI is InChI=1S/C12H9N3O2/c1-7-6-9-8-4-2-3-5-10(8)15(17)12(16)11(9)14-13-7/h2-6,17H,1H3. The van der Waals surface area contributed by atoms with Crippen molar-refractivity contribution in [3.63, 3.8) is 0 Å². The molecule has 3 rings (SSSR count). The topological polar surface area (TPSA) is 68.0 Å². The summed E-state index contributed by atoms with van der Waals surface area (Å²) in [5.74, 6) is 0. The minimum atomic E-state index is -0.550. The molecule has 0 aliphatic carbocycles. The lowest BCUT2D eigenvalue weighted by molar-refractivity contribution is 0.190. The van der Waals surface area contributed by atoms with E-state index in [9.17, 15) is 10.0 Å². The van der Waals surface area contributed by atoms with Gasteiger partial charge in [-0.05, 0) is 19.1 Å². The minimum Gasteiger partial charge on any atom is -0.425 e. The third kappa shape index (κ3) is 1.29. The molecule has 0 aliphatic rings. The van der Waals surface area contributed by atoms with E-state index in [0.717, 1.165) is 11.1 Å². The molecular formula is C12H9N3O2. The Balaban J connectivity index is 2.71. The van der Waals surface area contributed by atoms with Gasteiger partial charge in [-0.3, -0.25) is 4.79 Å². The first-order valence-electron chi connectivity index (χ1n) is 5.15. The summed E-state index contributed by atoms with van der Waals surface area (Å²) in [6.07, 6.45) is 0. The first kappa shape index (κ1) is 9.77. The third-order valence-electron chi connectivity index (χ3n) is 2.73. The molecule has 0 saturated heterocycles. The molecule has 0 atom stereocenters. The Bertz CT molecular complexity index is 793. The molecule has 5 nitrogen and oxygen atoms in total. The van der Waals surface area contributed by atoms with Crippen LogP contribution in [0.2, 0.25) is 0 Å². The SMILES string of the molecule is Cc1cc2c(nn1)c(=O)n(O)c1ccccc21. The molecule has 0 radical (unpaired) electrons. The average molecular weight is 227 g/mol. The number of fused-ring (bicyclic) bond motifs is 3. The molecule has 2 aromatic heterocycles. The fourth-order valence-corrected chi connectivity index (χ4v) is 1.95. The Morgan fingerprint density at radius 1 is 1.18 bits per heavy atom. The molecule has 84 valence electrons. The zero-order valence-corrected chi connectivity index (χ0v) is 9.08. The van der Waals surface area contributed by atoms with Crippen LogP contribution in [-0.4, -0.2) is 20.1 Å². The van der Waals surface area contributed by atoms with Crippen molar-refractivity contribution in [2.75, 3.05) is 0 Å². The second kappa shape index (κ2) is 3.28. The highest BCUT2D eigenvalue weighted by Crippen LogP contribution is 2.20. The van der Waals surface area contributed by atoms with Gasteiger partial charge in [-0.25, -0.2) is 0 Å². The van der Waals surface area contributed by atoms with E-state index in [1.54, 1.807) is 18.2 Å². The van der Waals surface area contributed by atoms with Gasteiger partial charge in [-0.2, -0.15) is 5.10 Å². The molecule has 1 N–H and O–H groups in total. The highest BCUT2D eigenvalue weighted by atomic mass is 16.5. The molecule has 2 heterocycles. The number of aromatic nitrogens is 3. The number of rotatable bonds is 0. The maximum Gasteiger partial charge on any atom is 0.311 e.